The molecule has 108 valence electrons. The van der Waals surface area contributed by atoms with Gasteiger partial charge in [-0.25, -0.2) is 4.39 Å². The molecule has 1 unspecified atom stereocenters. The van der Waals surface area contributed by atoms with Gasteiger partial charge in [0.1, 0.15) is 11.6 Å². The SMILES string of the molecule is Cc1nc(N)nc(NC(C)c2scc(C(C)C)c2F)n1. The number of nitrogens with one attached hydrogen (secondary N) is 1. The maximum Gasteiger partial charge on any atom is 0.228 e. The molecule has 2 heterocycles. The minimum atomic E-state index is -0.228. The maximum absolute atomic E-state index is 14.3. The average molecular weight is 295 g/mol. The van der Waals surface area contributed by atoms with Gasteiger partial charge in [-0.1, -0.05) is 13.8 Å². The second kappa shape index (κ2) is 5.70. The zero-order valence-electron chi connectivity index (χ0n) is 11.9. The zero-order valence-corrected chi connectivity index (χ0v) is 12.8. The molecule has 0 aromatic carbocycles. The molecule has 0 radical (unpaired) electrons. The molecule has 0 fully saturated rings. The number of aromatic nitrogens is 3. The number of rotatable bonds is 4. The van der Waals surface area contributed by atoms with E-state index in [0.717, 1.165) is 5.56 Å². The largest absolute Gasteiger partial charge is 0.368 e. The van der Waals surface area contributed by atoms with Gasteiger partial charge in [-0.2, -0.15) is 15.0 Å². The normalized spacial score (nSPS) is 12.7. The molecule has 1 atom stereocenters. The first-order valence-electron chi connectivity index (χ1n) is 6.40. The number of aryl methyl sites for hydroxylation is 1. The lowest BCUT2D eigenvalue weighted by molar-refractivity contribution is 0.584. The Balaban J connectivity index is 2.21. The molecule has 0 spiro atoms. The van der Waals surface area contributed by atoms with Crippen LogP contribution in [-0.2, 0) is 0 Å². The van der Waals surface area contributed by atoms with Crippen LogP contribution in [0.4, 0.5) is 16.3 Å². The van der Waals surface area contributed by atoms with Gasteiger partial charge in [0.15, 0.2) is 0 Å². The van der Waals surface area contributed by atoms with Crippen LogP contribution in [0.3, 0.4) is 0 Å². The number of nitrogen functional groups attached to an aromatic ring is 1. The third-order valence-corrected chi connectivity index (χ3v) is 4.07. The van der Waals surface area contributed by atoms with Crippen LogP contribution >= 0.6 is 11.3 Å². The molecule has 0 aliphatic carbocycles. The predicted molar refractivity (Wildman–Crippen MR) is 79.4 cm³/mol. The Kier molecular flexibility index (Phi) is 4.17. The summed E-state index contributed by atoms with van der Waals surface area (Å²) in [6.07, 6.45) is 0. The van der Waals surface area contributed by atoms with Crippen molar-refractivity contribution in [1.82, 2.24) is 15.0 Å². The Morgan fingerprint density at radius 2 is 1.95 bits per heavy atom. The van der Waals surface area contributed by atoms with Gasteiger partial charge in [0.25, 0.3) is 0 Å². The summed E-state index contributed by atoms with van der Waals surface area (Å²) in [6, 6.07) is -0.228. The molecule has 2 aromatic heterocycles. The van der Waals surface area contributed by atoms with Crippen molar-refractivity contribution in [3.05, 3.63) is 27.5 Å². The number of halogens is 1. The minimum absolute atomic E-state index is 0.149. The van der Waals surface area contributed by atoms with E-state index < -0.39 is 0 Å². The van der Waals surface area contributed by atoms with Crippen LogP contribution in [0.5, 0.6) is 0 Å². The van der Waals surface area contributed by atoms with E-state index in [1.807, 2.05) is 26.2 Å². The highest BCUT2D eigenvalue weighted by molar-refractivity contribution is 7.10. The molecular formula is C13H18FN5S. The molecule has 0 bridgehead atoms. The Labute approximate surface area is 121 Å². The monoisotopic (exact) mass is 295 g/mol. The zero-order chi connectivity index (χ0) is 14.9. The van der Waals surface area contributed by atoms with Crippen molar-refractivity contribution in [3.8, 4) is 0 Å². The lowest BCUT2D eigenvalue weighted by Crippen LogP contribution is -2.12. The number of thiophene rings is 1. The molecule has 0 aliphatic rings. The fraction of sp³-hybridized carbons (Fsp3) is 0.462. The van der Waals surface area contributed by atoms with Crippen LogP contribution in [0.2, 0.25) is 0 Å². The highest BCUT2D eigenvalue weighted by Crippen LogP contribution is 2.32. The van der Waals surface area contributed by atoms with E-state index in [4.69, 9.17) is 5.73 Å². The van der Waals surface area contributed by atoms with Crippen molar-refractivity contribution in [2.45, 2.75) is 39.7 Å². The van der Waals surface area contributed by atoms with Gasteiger partial charge in [-0.3, -0.25) is 0 Å². The van der Waals surface area contributed by atoms with Crippen LogP contribution in [-0.4, -0.2) is 15.0 Å². The summed E-state index contributed by atoms with van der Waals surface area (Å²) in [6.45, 7) is 7.55. The van der Waals surface area contributed by atoms with Gasteiger partial charge in [0.2, 0.25) is 11.9 Å². The summed E-state index contributed by atoms with van der Waals surface area (Å²) < 4.78 is 14.3. The smallest absolute Gasteiger partial charge is 0.228 e. The van der Waals surface area contributed by atoms with Crippen LogP contribution in [0, 0.1) is 12.7 Å². The van der Waals surface area contributed by atoms with E-state index in [9.17, 15) is 4.39 Å². The predicted octanol–water partition coefficient (Wildman–Crippen LogP) is 3.26. The summed E-state index contributed by atoms with van der Waals surface area (Å²) >= 11 is 1.40. The van der Waals surface area contributed by atoms with E-state index in [1.54, 1.807) is 6.92 Å². The summed E-state index contributed by atoms with van der Waals surface area (Å²) in [4.78, 5) is 12.7. The fourth-order valence-corrected chi connectivity index (χ4v) is 2.99. The van der Waals surface area contributed by atoms with Crippen LogP contribution in [0.25, 0.3) is 0 Å². The van der Waals surface area contributed by atoms with E-state index in [0.29, 0.717) is 16.6 Å². The lowest BCUT2D eigenvalue weighted by atomic mass is 10.1. The van der Waals surface area contributed by atoms with Crippen LogP contribution in [0.1, 0.15) is 49.0 Å². The fourth-order valence-electron chi connectivity index (χ4n) is 1.88. The molecule has 0 aliphatic heterocycles. The quantitative estimate of drug-likeness (QED) is 0.905. The van der Waals surface area contributed by atoms with Crippen molar-refractivity contribution < 1.29 is 4.39 Å². The third-order valence-electron chi connectivity index (χ3n) is 2.91. The third kappa shape index (κ3) is 3.04. The molecular weight excluding hydrogens is 277 g/mol. The van der Waals surface area contributed by atoms with E-state index in [1.165, 1.54) is 11.3 Å². The second-order valence-electron chi connectivity index (χ2n) is 4.95. The topological polar surface area (TPSA) is 76.7 Å². The van der Waals surface area contributed by atoms with Crippen molar-refractivity contribution in [1.29, 1.82) is 0 Å². The minimum Gasteiger partial charge on any atom is -0.368 e. The maximum atomic E-state index is 14.3. The number of anilines is 2. The molecule has 0 saturated carbocycles. The number of hydrogen-bond donors (Lipinski definition) is 2. The molecule has 5 nitrogen and oxygen atoms in total. The van der Waals surface area contributed by atoms with Gasteiger partial charge < -0.3 is 11.1 Å². The van der Waals surface area contributed by atoms with Gasteiger partial charge in [-0.15, -0.1) is 11.3 Å². The van der Waals surface area contributed by atoms with Crippen molar-refractivity contribution in [3.63, 3.8) is 0 Å². The molecule has 7 heteroatoms. The van der Waals surface area contributed by atoms with Gasteiger partial charge in [0.05, 0.1) is 10.9 Å². The molecule has 2 rings (SSSR count). The van der Waals surface area contributed by atoms with Crippen molar-refractivity contribution in [2.24, 2.45) is 0 Å². The Hall–Kier alpha value is -1.76. The first kappa shape index (κ1) is 14.6. The molecule has 20 heavy (non-hydrogen) atoms. The highest BCUT2D eigenvalue weighted by atomic mass is 32.1. The number of hydrogen-bond acceptors (Lipinski definition) is 6. The van der Waals surface area contributed by atoms with Crippen LogP contribution < -0.4 is 11.1 Å². The highest BCUT2D eigenvalue weighted by Gasteiger charge is 2.19. The molecule has 0 amide bonds. The van der Waals surface area contributed by atoms with Crippen LogP contribution in [0.15, 0.2) is 5.38 Å². The number of nitrogens with zero attached hydrogens (tertiary/aromatic N) is 3. The lowest BCUT2D eigenvalue weighted by Gasteiger charge is -2.13. The van der Waals surface area contributed by atoms with Gasteiger partial charge >= 0.3 is 0 Å². The molecule has 2 aromatic rings. The standard InChI is InChI=1S/C13H18FN5S/c1-6(2)9-5-20-11(10(9)14)7(3)16-13-18-8(4)17-12(15)19-13/h5-7H,1-4H3,(H3,15,16,17,18,19). The first-order valence-corrected chi connectivity index (χ1v) is 7.28. The summed E-state index contributed by atoms with van der Waals surface area (Å²) in [5, 5.41) is 4.92. The second-order valence-corrected chi connectivity index (χ2v) is 5.87. The molecule has 3 N–H and O–H groups in total. The van der Waals surface area contributed by atoms with E-state index >= 15 is 0 Å². The first-order chi connectivity index (χ1) is 9.38. The Morgan fingerprint density at radius 1 is 1.25 bits per heavy atom. The molecule has 0 saturated heterocycles. The van der Waals surface area contributed by atoms with Gasteiger partial charge in [-0.05, 0) is 25.1 Å². The van der Waals surface area contributed by atoms with Gasteiger partial charge in [0, 0.05) is 5.56 Å². The average Bonchev–Trinajstić information content (AvgIpc) is 2.69. The number of nitrogens with two attached hydrogens (primary N) is 1. The summed E-state index contributed by atoms with van der Waals surface area (Å²) in [7, 11) is 0. The van der Waals surface area contributed by atoms with E-state index in [-0.39, 0.29) is 23.7 Å². The Bertz CT molecular complexity index is 591. The summed E-state index contributed by atoms with van der Waals surface area (Å²) in [5.41, 5.74) is 6.31. The van der Waals surface area contributed by atoms with E-state index in [2.05, 4.69) is 20.3 Å². The van der Waals surface area contributed by atoms with Crippen molar-refractivity contribution >= 4 is 23.2 Å². The van der Waals surface area contributed by atoms with Crippen molar-refractivity contribution in [2.75, 3.05) is 11.1 Å². The summed E-state index contributed by atoms with van der Waals surface area (Å²) in [5.74, 6) is 1.07. The Morgan fingerprint density at radius 3 is 2.50 bits per heavy atom.